The molecule has 17 heavy (non-hydrogen) atoms. The Morgan fingerprint density at radius 1 is 1.71 bits per heavy atom. The second kappa shape index (κ2) is 5.23. The van der Waals surface area contributed by atoms with Crippen LogP contribution in [0.1, 0.15) is 31.6 Å². The molecular formula is C12H16BrNO3. The molecule has 2 rings (SSSR count). The molecule has 0 aliphatic carbocycles. The first-order valence-electron chi connectivity index (χ1n) is 5.77. The predicted octanol–water partition coefficient (Wildman–Crippen LogP) is 2.90. The van der Waals surface area contributed by atoms with E-state index >= 15 is 0 Å². The van der Waals surface area contributed by atoms with E-state index in [1.807, 2.05) is 12.1 Å². The van der Waals surface area contributed by atoms with E-state index in [1.165, 1.54) is 0 Å². The van der Waals surface area contributed by atoms with Crippen molar-refractivity contribution in [2.24, 2.45) is 5.92 Å². The lowest BCUT2D eigenvalue weighted by Crippen LogP contribution is -2.24. The van der Waals surface area contributed by atoms with Crippen molar-refractivity contribution in [2.75, 3.05) is 13.1 Å². The number of hydrogen-bond donors (Lipinski definition) is 1. The zero-order chi connectivity index (χ0) is 12.4. The highest BCUT2D eigenvalue weighted by Crippen LogP contribution is 2.30. The number of hydrogen-bond acceptors (Lipinski definition) is 3. The van der Waals surface area contributed by atoms with Crippen LogP contribution in [0.4, 0.5) is 0 Å². The number of likely N-dealkylation sites (tertiary alicyclic amines) is 1. The smallest absolute Gasteiger partial charge is 0.303 e. The SMILES string of the molecule is CC(c1ccc(Br)o1)N1CCC(CC(=O)O)C1. The molecule has 1 N–H and O–H groups in total. The molecule has 1 aliphatic heterocycles. The van der Waals surface area contributed by atoms with Crippen molar-refractivity contribution in [2.45, 2.75) is 25.8 Å². The molecule has 1 fully saturated rings. The number of carboxylic acids is 1. The topological polar surface area (TPSA) is 53.7 Å². The number of carboxylic acid groups (broad SMARTS) is 1. The average Bonchev–Trinajstić information content (AvgIpc) is 2.85. The predicted molar refractivity (Wildman–Crippen MR) is 66.8 cm³/mol. The lowest BCUT2D eigenvalue weighted by atomic mass is 10.1. The van der Waals surface area contributed by atoms with Crippen molar-refractivity contribution in [1.82, 2.24) is 4.90 Å². The second-order valence-corrected chi connectivity index (χ2v) is 5.35. The Labute approximate surface area is 109 Å². The highest BCUT2D eigenvalue weighted by atomic mass is 79.9. The molecule has 2 atom stereocenters. The zero-order valence-corrected chi connectivity index (χ0v) is 11.3. The van der Waals surface area contributed by atoms with Crippen molar-refractivity contribution in [3.05, 3.63) is 22.6 Å². The van der Waals surface area contributed by atoms with Gasteiger partial charge in [-0.05, 0) is 53.9 Å². The first-order chi connectivity index (χ1) is 8.06. The first-order valence-corrected chi connectivity index (χ1v) is 6.56. The fourth-order valence-electron chi connectivity index (χ4n) is 2.36. The van der Waals surface area contributed by atoms with Gasteiger partial charge in [-0.2, -0.15) is 0 Å². The zero-order valence-electron chi connectivity index (χ0n) is 9.73. The highest BCUT2D eigenvalue weighted by Gasteiger charge is 2.29. The van der Waals surface area contributed by atoms with Crippen LogP contribution in [-0.4, -0.2) is 29.1 Å². The van der Waals surface area contributed by atoms with Crippen molar-refractivity contribution < 1.29 is 14.3 Å². The van der Waals surface area contributed by atoms with Crippen LogP contribution in [0.5, 0.6) is 0 Å². The molecule has 1 aromatic rings. The maximum absolute atomic E-state index is 10.7. The van der Waals surface area contributed by atoms with Gasteiger partial charge < -0.3 is 9.52 Å². The molecule has 5 heteroatoms. The van der Waals surface area contributed by atoms with E-state index in [4.69, 9.17) is 9.52 Å². The average molecular weight is 302 g/mol. The Hall–Kier alpha value is -0.810. The largest absolute Gasteiger partial charge is 0.481 e. The molecule has 0 bridgehead atoms. The van der Waals surface area contributed by atoms with Gasteiger partial charge in [0.25, 0.3) is 0 Å². The molecule has 1 aromatic heterocycles. The number of carbonyl (C=O) groups is 1. The standard InChI is InChI=1S/C12H16BrNO3/c1-8(10-2-3-11(13)17-10)14-5-4-9(7-14)6-12(15)16/h2-3,8-9H,4-7H2,1H3,(H,15,16). The minimum atomic E-state index is -0.703. The minimum Gasteiger partial charge on any atom is -0.481 e. The molecule has 1 saturated heterocycles. The van der Waals surface area contributed by atoms with E-state index in [0.717, 1.165) is 29.9 Å². The number of furan rings is 1. The molecule has 0 saturated carbocycles. The van der Waals surface area contributed by atoms with Crippen molar-refractivity contribution >= 4 is 21.9 Å². The molecule has 0 radical (unpaired) electrons. The van der Waals surface area contributed by atoms with Gasteiger partial charge in [-0.1, -0.05) is 0 Å². The van der Waals surface area contributed by atoms with Crippen LogP contribution >= 0.6 is 15.9 Å². The lowest BCUT2D eigenvalue weighted by molar-refractivity contribution is -0.138. The second-order valence-electron chi connectivity index (χ2n) is 4.57. The Morgan fingerprint density at radius 3 is 3.06 bits per heavy atom. The van der Waals surface area contributed by atoms with E-state index in [-0.39, 0.29) is 18.4 Å². The number of halogens is 1. The van der Waals surface area contributed by atoms with E-state index in [1.54, 1.807) is 0 Å². The van der Waals surface area contributed by atoms with Crippen LogP contribution < -0.4 is 0 Å². The minimum absolute atomic E-state index is 0.208. The third-order valence-electron chi connectivity index (χ3n) is 3.33. The summed E-state index contributed by atoms with van der Waals surface area (Å²) in [6.07, 6.45) is 1.23. The van der Waals surface area contributed by atoms with Crippen LogP contribution in [0, 0.1) is 5.92 Å². The Kier molecular flexibility index (Phi) is 3.89. The fourth-order valence-corrected chi connectivity index (χ4v) is 2.68. The molecule has 4 nitrogen and oxygen atoms in total. The third kappa shape index (κ3) is 3.10. The van der Waals surface area contributed by atoms with E-state index in [2.05, 4.69) is 27.8 Å². The molecule has 2 unspecified atom stereocenters. The van der Waals surface area contributed by atoms with E-state index < -0.39 is 5.97 Å². The molecule has 0 amide bonds. The summed E-state index contributed by atoms with van der Waals surface area (Å²) in [4.78, 5) is 12.9. The summed E-state index contributed by atoms with van der Waals surface area (Å²) in [5.41, 5.74) is 0. The van der Waals surface area contributed by atoms with E-state index in [0.29, 0.717) is 0 Å². The van der Waals surface area contributed by atoms with Gasteiger partial charge in [0.05, 0.1) is 6.04 Å². The monoisotopic (exact) mass is 301 g/mol. The number of rotatable bonds is 4. The maximum Gasteiger partial charge on any atom is 0.303 e. The van der Waals surface area contributed by atoms with E-state index in [9.17, 15) is 4.79 Å². The van der Waals surface area contributed by atoms with Crippen molar-refractivity contribution in [3.63, 3.8) is 0 Å². The molecule has 0 spiro atoms. The Bertz CT molecular complexity index is 404. The summed E-state index contributed by atoms with van der Waals surface area (Å²) in [7, 11) is 0. The van der Waals surface area contributed by atoms with Gasteiger partial charge in [-0.25, -0.2) is 0 Å². The summed E-state index contributed by atoms with van der Waals surface area (Å²) in [5.74, 6) is 0.492. The normalized spacial score (nSPS) is 22.8. The Morgan fingerprint density at radius 2 is 2.47 bits per heavy atom. The van der Waals surface area contributed by atoms with Crippen molar-refractivity contribution in [3.8, 4) is 0 Å². The maximum atomic E-state index is 10.7. The molecule has 1 aliphatic rings. The van der Waals surface area contributed by atoms with Gasteiger partial charge in [0.15, 0.2) is 4.67 Å². The fraction of sp³-hybridized carbons (Fsp3) is 0.583. The highest BCUT2D eigenvalue weighted by molar-refractivity contribution is 9.10. The number of aliphatic carboxylic acids is 1. The van der Waals surface area contributed by atoms with Gasteiger partial charge >= 0.3 is 5.97 Å². The van der Waals surface area contributed by atoms with Crippen LogP contribution in [-0.2, 0) is 4.79 Å². The summed E-state index contributed by atoms with van der Waals surface area (Å²) >= 11 is 3.29. The number of nitrogens with zero attached hydrogens (tertiary/aromatic N) is 1. The van der Waals surface area contributed by atoms with Crippen LogP contribution in [0.15, 0.2) is 21.2 Å². The van der Waals surface area contributed by atoms with Crippen LogP contribution in [0.25, 0.3) is 0 Å². The van der Waals surface area contributed by atoms with Crippen LogP contribution in [0.3, 0.4) is 0 Å². The lowest BCUT2D eigenvalue weighted by Gasteiger charge is -2.22. The molecular weight excluding hydrogens is 286 g/mol. The molecule has 2 heterocycles. The molecule has 94 valence electrons. The van der Waals surface area contributed by atoms with Crippen molar-refractivity contribution in [1.29, 1.82) is 0 Å². The summed E-state index contributed by atoms with van der Waals surface area (Å²) in [6.45, 7) is 3.87. The van der Waals surface area contributed by atoms with Gasteiger partial charge in [0.2, 0.25) is 0 Å². The first kappa shape index (κ1) is 12.6. The summed E-state index contributed by atoms with van der Waals surface area (Å²) in [6, 6.07) is 4.05. The summed E-state index contributed by atoms with van der Waals surface area (Å²) < 4.78 is 6.27. The third-order valence-corrected chi connectivity index (χ3v) is 3.76. The van der Waals surface area contributed by atoms with Crippen LogP contribution in [0.2, 0.25) is 0 Å². The van der Waals surface area contributed by atoms with Gasteiger partial charge in [-0.15, -0.1) is 0 Å². The van der Waals surface area contributed by atoms with Gasteiger partial charge in [0.1, 0.15) is 5.76 Å². The van der Waals surface area contributed by atoms with Gasteiger partial charge in [0, 0.05) is 13.0 Å². The summed E-state index contributed by atoms with van der Waals surface area (Å²) in [5, 5.41) is 8.78. The molecule has 0 aromatic carbocycles. The van der Waals surface area contributed by atoms with Gasteiger partial charge in [-0.3, -0.25) is 9.69 Å². The Balaban J connectivity index is 1.94. The quantitative estimate of drug-likeness (QED) is 0.929.